The predicted molar refractivity (Wildman–Crippen MR) is 68.9 cm³/mol. The van der Waals surface area contributed by atoms with Crippen molar-refractivity contribution in [3.05, 3.63) is 29.6 Å². The molecule has 1 aliphatic heterocycles. The maximum absolute atomic E-state index is 12.9. The van der Waals surface area contributed by atoms with E-state index in [9.17, 15) is 14.0 Å². The minimum Gasteiger partial charge on any atom is -0.398 e. The van der Waals surface area contributed by atoms with Crippen LogP contribution in [0.5, 0.6) is 0 Å². The van der Waals surface area contributed by atoms with Crippen LogP contribution in [-0.2, 0) is 4.79 Å². The zero-order valence-electron chi connectivity index (χ0n) is 10.6. The van der Waals surface area contributed by atoms with E-state index in [0.29, 0.717) is 25.1 Å². The summed E-state index contributed by atoms with van der Waals surface area (Å²) < 4.78 is 12.9. The predicted octanol–water partition coefficient (Wildman–Crippen LogP) is 0.758. The lowest BCUT2D eigenvalue weighted by Gasteiger charge is -2.17. The number of likely N-dealkylation sites (tertiary alicyclic amines) is 1. The van der Waals surface area contributed by atoms with Gasteiger partial charge in [-0.3, -0.25) is 9.59 Å². The Morgan fingerprint density at radius 2 is 2.21 bits per heavy atom. The fourth-order valence-corrected chi connectivity index (χ4v) is 2.25. The average molecular weight is 265 g/mol. The Morgan fingerprint density at radius 3 is 2.84 bits per heavy atom. The minimum absolute atomic E-state index is 0.0249. The Hall–Kier alpha value is -2.11. The molecule has 1 fully saturated rings. The smallest absolute Gasteiger partial charge is 0.256 e. The number of anilines is 1. The molecule has 1 aliphatic rings. The van der Waals surface area contributed by atoms with Gasteiger partial charge in [-0.25, -0.2) is 4.39 Å². The van der Waals surface area contributed by atoms with Crippen molar-refractivity contribution in [2.45, 2.75) is 19.4 Å². The van der Waals surface area contributed by atoms with Crippen LogP contribution in [0.4, 0.5) is 10.1 Å². The molecule has 1 unspecified atom stereocenters. The summed E-state index contributed by atoms with van der Waals surface area (Å²) >= 11 is 0. The molecule has 0 aromatic heterocycles. The number of hydrogen-bond acceptors (Lipinski definition) is 3. The highest BCUT2D eigenvalue weighted by atomic mass is 19.1. The average Bonchev–Trinajstić information content (AvgIpc) is 2.75. The Bertz CT molecular complexity index is 519. The summed E-state index contributed by atoms with van der Waals surface area (Å²) in [5.41, 5.74) is 6.08. The fraction of sp³-hybridized carbons (Fsp3) is 0.385. The molecule has 1 atom stereocenters. The molecular formula is C13H16FN3O2. The summed E-state index contributed by atoms with van der Waals surface area (Å²) in [5, 5.41) is 2.78. The number of hydrogen-bond donors (Lipinski definition) is 2. The van der Waals surface area contributed by atoms with Crippen molar-refractivity contribution in [3.63, 3.8) is 0 Å². The molecule has 1 heterocycles. The third-order valence-corrected chi connectivity index (χ3v) is 3.13. The standard InChI is InChI=1S/C13H16FN3O2/c1-8(18)16-10-4-5-17(7-10)13(19)11-3-2-9(14)6-12(11)15/h2-3,6,10H,4-5,7,15H2,1H3,(H,16,18). The molecule has 0 bridgehead atoms. The van der Waals surface area contributed by atoms with E-state index in [2.05, 4.69) is 5.32 Å². The van der Waals surface area contributed by atoms with E-state index in [1.807, 2.05) is 0 Å². The van der Waals surface area contributed by atoms with Crippen molar-refractivity contribution in [2.75, 3.05) is 18.8 Å². The van der Waals surface area contributed by atoms with E-state index in [1.165, 1.54) is 19.1 Å². The first-order chi connectivity index (χ1) is 8.97. The molecule has 3 N–H and O–H groups in total. The SMILES string of the molecule is CC(=O)NC1CCN(C(=O)c2ccc(F)cc2N)C1. The molecule has 102 valence electrons. The van der Waals surface area contributed by atoms with Gasteiger partial charge in [0, 0.05) is 31.7 Å². The van der Waals surface area contributed by atoms with Gasteiger partial charge in [0.25, 0.3) is 5.91 Å². The first kappa shape index (κ1) is 13.3. The number of carbonyl (C=O) groups is 2. The van der Waals surface area contributed by atoms with E-state index in [0.717, 1.165) is 6.07 Å². The molecule has 0 saturated carbocycles. The molecule has 2 amide bonds. The van der Waals surface area contributed by atoms with Gasteiger partial charge in [0.15, 0.2) is 0 Å². The minimum atomic E-state index is -0.466. The van der Waals surface area contributed by atoms with Crippen molar-refractivity contribution in [1.29, 1.82) is 0 Å². The molecule has 0 spiro atoms. The summed E-state index contributed by atoms with van der Waals surface area (Å²) in [6.45, 7) is 2.46. The van der Waals surface area contributed by atoms with Gasteiger partial charge >= 0.3 is 0 Å². The van der Waals surface area contributed by atoms with Crippen LogP contribution in [0.15, 0.2) is 18.2 Å². The molecular weight excluding hydrogens is 249 g/mol. The van der Waals surface area contributed by atoms with E-state index < -0.39 is 5.82 Å². The van der Waals surface area contributed by atoms with E-state index in [-0.39, 0.29) is 23.5 Å². The molecule has 0 radical (unpaired) electrons. The molecule has 1 aromatic carbocycles. The number of nitrogens with two attached hydrogens (primary N) is 1. The lowest BCUT2D eigenvalue weighted by Crippen LogP contribution is -2.37. The van der Waals surface area contributed by atoms with Gasteiger partial charge in [-0.05, 0) is 24.6 Å². The molecule has 0 aliphatic carbocycles. The molecule has 5 nitrogen and oxygen atoms in total. The summed E-state index contributed by atoms with van der Waals surface area (Å²) in [6, 6.07) is 3.71. The van der Waals surface area contributed by atoms with Crippen molar-refractivity contribution in [3.8, 4) is 0 Å². The largest absolute Gasteiger partial charge is 0.398 e. The Labute approximate surface area is 110 Å². The third kappa shape index (κ3) is 3.01. The Balaban J connectivity index is 2.07. The highest BCUT2D eigenvalue weighted by Crippen LogP contribution is 2.19. The summed E-state index contributed by atoms with van der Waals surface area (Å²) in [4.78, 5) is 24.8. The van der Waals surface area contributed by atoms with E-state index in [4.69, 9.17) is 5.73 Å². The summed E-state index contributed by atoms with van der Waals surface area (Å²) in [7, 11) is 0. The van der Waals surface area contributed by atoms with Gasteiger partial charge in [-0.1, -0.05) is 0 Å². The van der Waals surface area contributed by atoms with Crippen molar-refractivity contribution in [1.82, 2.24) is 10.2 Å². The quantitative estimate of drug-likeness (QED) is 0.775. The van der Waals surface area contributed by atoms with Crippen LogP contribution in [0.25, 0.3) is 0 Å². The van der Waals surface area contributed by atoms with E-state index >= 15 is 0 Å². The van der Waals surface area contributed by atoms with Gasteiger partial charge < -0.3 is 16.0 Å². The molecule has 6 heteroatoms. The number of benzene rings is 1. The van der Waals surface area contributed by atoms with Crippen LogP contribution in [0.2, 0.25) is 0 Å². The lowest BCUT2D eigenvalue weighted by molar-refractivity contribution is -0.119. The zero-order chi connectivity index (χ0) is 14.0. The summed E-state index contributed by atoms with van der Waals surface area (Å²) in [6.07, 6.45) is 0.715. The van der Waals surface area contributed by atoms with Gasteiger partial charge in [0.1, 0.15) is 5.82 Å². The van der Waals surface area contributed by atoms with Gasteiger partial charge in [0.05, 0.1) is 5.56 Å². The van der Waals surface area contributed by atoms with Gasteiger partial charge in [0.2, 0.25) is 5.91 Å². The van der Waals surface area contributed by atoms with Gasteiger partial charge in [-0.15, -0.1) is 0 Å². The monoisotopic (exact) mass is 265 g/mol. The number of carbonyl (C=O) groups excluding carboxylic acids is 2. The Kier molecular flexibility index (Phi) is 3.69. The maximum atomic E-state index is 12.9. The number of nitrogens with zero attached hydrogens (tertiary/aromatic N) is 1. The second kappa shape index (κ2) is 5.26. The molecule has 19 heavy (non-hydrogen) atoms. The van der Waals surface area contributed by atoms with Crippen LogP contribution in [-0.4, -0.2) is 35.8 Å². The van der Waals surface area contributed by atoms with Crippen LogP contribution in [0, 0.1) is 5.82 Å². The third-order valence-electron chi connectivity index (χ3n) is 3.13. The number of halogens is 1. The first-order valence-electron chi connectivity index (χ1n) is 6.09. The normalized spacial score (nSPS) is 18.4. The highest BCUT2D eigenvalue weighted by Gasteiger charge is 2.28. The van der Waals surface area contributed by atoms with Crippen molar-refractivity contribution < 1.29 is 14.0 Å². The Morgan fingerprint density at radius 1 is 1.47 bits per heavy atom. The van der Waals surface area contributed by atoms with Crippen LogP contribution in [0.3, 0.4) is 0 Å². The summed E-state index contributed by atoms with van der Waals surface area (Å²) in [5.74, 6) is -0.808. The van der Waals surface area contributed by atoms with Gasteiger partial charge in [-0.2, -0.15) is 0 Å². The molecule has 1 saturated heterocycles. The van der Waals surface area contributed by atoms with Crippen molar-refractivity contribution >= 4 is 17.5 Å². The topological polar surface area (TPSA) is 75.4 Å². The number of nitrogen functional groups attached to an aromatic ring is 1. The number of amides is 2. The van der Waals surface area contributed by atoms with E-state index in [1.54, 1.807) is 4.90 Å². The first-order valence-corrected chi connectivity index (χ1v) is 6.09. The number of nitrogens with one attached hydrogen (secondary N) is 1. The lowest BCUT2D eigenvalue weighted by atomic mass is 10.1. The van der Waals surface area contributed by atoms with Crippen LogP contribution < -0.4 is 11.1 Å². The second-order valence-electron chi connectivity index (χ2n) is 4.67. The maximum Gasteiger partial charge on any atom is 0.256 e. The fourth-order valence-electron chi connectivity index (χ4n) is 2.25. The van der Waals surface area contributed by atoms with Crippen molar-refractivity contribution in [2.24, 2.45) is 0 Å². The molecule has 1 aromatic rings. The second-order valence-corrected chi connectivity index (χ2v) is 4.67. The van der Waals surface area contributed by atoms with Crippen LogP contribution in [0.1, 0.15) is 23.7 Å². The molecule has 2 rings (SSSR count). The number of rotatable bonds is 2. The highest BCUT2D eigenvalue weighted by molar-refractivity contribution is 5.99. The van der Waals surface area contributed by atoms with Crippen LogP contribution >= 0.6 is 0 Å². The zero-order valence-corrected chi connectivity index (χ0v) is 10.6.